The molecule has 1 saturated heterocycles. The average molecular weight is 243 g/mol. The van der Waals surface area contributed by atoms with Crippen LogP contribution in [0.2, 0.25) is 0 Å². The van der Waals surface area contributed by atoms with Gasteiger partial charge in [-0.25, -0.2) is 0 Å². The Morgan fingerprint density at radius 1 is 1.06 bits per heavy atom. The maximum absolute atomic E-state index is 4.49. The van der Waals surface area contributed by atoms with Crippen molar-refractivity contribution in [3.63, 3.8) is 0 Å². The Morgan fingerprint density at radius 3 is 2.56 bits per heavy atom. The molecule has 0 aliphatic carbocycles. The van der Waals surface area contributed by atoms with Gasteiger partial charge in [0.05, 0.1) is 11.2 Å². The van der Waals surface area contributed by atoms with Crippen LogP contribution in [0.4, 0.5) is 5.69 Å². The molecule has 0 amide bonds. The van der Waals surface area contributed by atoms with E-state index in [0.29, 0.717) is 0 Å². The molecule has 2 aromatic rings. The molecule has 0 spiro atoms. The quantitative estimate of drug-likeness (QED) is 0.834. The van der Waals surface area contributed by atoms with E-state index in [0.717, 1.165) is 31.7 Å². The summed E-state index contributed by atoms with van der Waals surface area (Å²) < 4.78 is 0. The average Bonchev–Trinajstić information content (AvgIpc) is 2.50. The maximum atomic E-state index is 4.49. The molecule has 0 radical (unpaired) electrons. The molecule has 2 heterocycles. The first kappa shape index (κ1) is 12.8. The third kappa shape index (κ3) is 2.62. The van der Waals surface area contributed by atoms with E-state index in [1.165, 1.54) is 11.1 Å². The molecular formula is C15H21N3. The minimum atomic E-state index is 1.06. The zero-order chi connectivity index (χ0) is 12.8. The first-order valence-corrected chi connectivity index (χ1v) is 6.74. The summed E-state index contributed by atoms with van der Waals surface area (Å²) in [6.45, 7) is 8.25. The molecule has 1 aliphatic heterocycles. The van der Waals surface area contributed by atoms with Crippen molar-refractivity contribution in [2.24, 2.45) is 0 Å². The van der Waals surface area contributed by atoms with E-state index in [2.05, 4.69) is 39.5 Å². The van der Waals surface area contributed by atoms with Crippen molar-refractivity contribution in [3.05, 3.63) is 36.5 Å². The number of benzene rings is 1. The number of aromatic nitrogens is 1. The Bertz CT molecular complexity index is 485. The van der Waals surface area contributed by atoms with Crippen LogP contribution in [-0.2, 0) is 0 Å². The third-order valence-electron chi connectivity index (χ3n) is 3.07. The number of para-hydroxylation sites is 1. The van der Waals surface area contributed by atoms with Crippen LogP contribution in [0.3, 0.4) is 0 Å². The van der Waals surface area contributed by atoms with E-state index >= 15 is 0 Å². The second kappa shape index (κ2) is 6.36. The molecule has 3 heteroatoms. The molecule has 1 aromatic carbocycles. The summed E-state index contributed by atoms with van der Waals surface area (Å²) >= 11 is 0. The highest BCUT2D eigenvalue weighted by Crippen LogP contribution is 2.24. The lowest BCUT2D eigenvalue weighted by atomic mass is 10.1. The predicted molar refractivity (Wildman–Crippen MR) is 78.2 cm³/mol. The molecule has 0 unspecified atom stereocenters. The van der Waals surface area contributed by atoms with Crippen molar-refractivity contribution < 1.29 is 0 Å². The molecule has 1 N–H and O–H groups in total. The van der Waals surface area contributed by atoms with Crippen molar-refractivity contribution in [2.45, 2.75) is 13.8 Å². The molecule has 1 aromatic heterocycles. The lowest BCUT2D eigenvalue weighted by molar-refractivity contribution is 0.590. The summed E-state index contributed by atoms with van der Waals surface area (Å²) in [4.78, 5) is 6.90. The second-order valence-corrected chi connectivity index (χ2v) is 4.09. The number of fused-ring (bicyclic) bond motifs is 1. The number of pyridine rings is 1. The number of hydrogen-bond donors (Lipinski definition) is 1. The van der Waals surface area contributed by atoms with Gasteiger partial charge in [0.1, 0.15) is 0 Å². The van der Waals surface area contributed by atoms with Crippen molar-refractivity contribution in [1.82, 2.24) is 10.3 Å². The van der Waals surface area contributed by atoms with Crippen LogP contribution < -0.4 is 10.2 Å². The molecule has 18 heavy (non-hydrogen) atoms. The lowest BCUT2D eigenvalue weighted by Crippen LogP contribution is -2.43. The molecule has 1 fully saturated rings. The molecular weight excluding hydrogens is 222 g/mol. The summed E-state index contributed by atoms with van der Waals surface area (Å²) in [6, 6.07) is 10.5. The predicted octanol–water partition coefficient (Wildman–Crippen LogP) is 2.67. The van der Waals surface area contributed by atoms with E-state index in [4.69, 9.17) is 0 Å². The summed E-state index contributed by atoms with van der Waals surface area (Å²) in [5.41, 5.74) is 2.38. The van der Waals surface area contributed by atoms with Crippen LogP contribution in [0.25, 0.3) is 10.9 Å². The lowest BCUT2D eigenvalue weighted by Gasteiger charge is -2.29. The molecule has 1 aliphatic rings. The number of nitrogens with one attached hydrogen (secondary N) is 1. The summed E-state index contributed by atoms with van der Waals surface area (Å²) in [7, 11) is 0. The van der Waals surface area contributed by atoms with Crippen molar-refractivity contribution >= 4 is 16.6 Å². The van der Waals surface area contributed by atoms with Gasteiger partial charge in [0.25, 0.3) is 0 Å². The van der Waals surface area contributed by atoms with Crippen LogP contribution in [0.1, 0.15) is 13.8 Å². The standard InChI is InChI=1S/C13H15N3.C2H6/c1-3-11-4-2-6-15-13(11)12(5-1)16-9-7-14-8-10-16;1-2/h1-6,14H,7-10H2;1-2H3. The zero-order valence-electron chi connectivity index (χ0n) is 11.2. The highest BCUT2D eigenvalue weighted by atomic mass is 15.2. The largest absolute Gasteiger partial charge is 0.367 e. The summed E-state index contributed by atoms with van der Waals surface area (Å²) in [5, 5.41) is 4.59. The van der Waals surface area contributed by atoms with Gasteiger partial charge >= 0.3 is 0 Å². The monoisotopic (exact) mass is 243 g/mol. The van der Waals surface area contributed by atoms with Gasteiger partial charge < -0.3 is 10.2 Å². The molecule has 96 valence electrons. The molecule has 0 atom stereocenters. The molecule has 0 saturated carbocycles. The maximum Gasteiger partial charge on any atom is 0.0935 e. The molecule has 3 rings (SSSR count). The van der Waals surface area contributed by atoms with Crippen molar-refractivity contribution in [2.75, 3.05) is 31.1 Å². The fraction of sp³-hybridized carbons (Fsp3) is 0.400. The van der Waals surface area contributed by atoms with E-state index in [-0.39, 0.29) is 0 Å². The minimum absolute atomic E-state index is 1.06. The van der Waals surface area contributed by atoms with Crippen LogP contribution in [0.15, 0.2) is 36.5 Å². The topological polar surface area (TPSA) is 28.2 Å². The number of nitrogens with zero attached hydrogens (tertiary/aromatic N) is 2. The smallest absolute Gasteiger partial charge is 0.0935 e. The van der Waals surface area contributed by atoms with Crippen LogP contribution >= 0.6 is 0 Å². The second-order valence-electron chi connectivity index (χ2n) is 4.09. The number of hydrogen-bond acceptors (Lipinski definition) is 3. The zero-order valence-corrected chi connectivity index (χ0v) is 11.2. The first-order valence-electron chi connectivity index (χ1n) is 6.74. The fourth-order valence-corrected chi connectivity index (χ4v) is 2.25. The van der Waals surface area contributed by atoms with Gasteiger partial charge in [-0.3, -0.25) is 4.98 Å². The fourth-order valence-electron chi connectivity index (χ4n) is 2.25. The van der Waals surface area contributed by atoms with Gasteiger partial charge in [-0.05, 0) is 12.1 Å². The number of anilines is 1. The van der Waals surface area contributed by atoms with Crippen molar-refractivity contribution in [3.8, 4) is 0 Å². The highest BCUT2D eigenvalue weighted by Gasteiger charge is 2.13. The Labute approximate surface area is 109 Å². The van der Waals surface area contributed by atoms with E-state index in [1.54, 1.807) is 0 Å². The Balaban J connectivity index is 0.000000574. The van der Waals surface area contributed by atoms with Crippen LogP contribution in [-0.4, -0.2) is 31.2 Å². The van der Waals surface area contributed by atoms with Crippen molar-refractivity contribution in [1.29, 1.82) is 0 Å². The first-order chi connectivity index (χ1) is 8.95. The van der Waals surface area contributed by atoms with Gasteiger partial charge in [-0.15, -0.1) is 0 Å². The normalized spacial score (nSPS) is 15.1. The summed E-state index contributed by atoms with van der Waals surface area (Å²) in [6.07, 6.45) is 1.87. The minimum Gasteiger partial charge on any atom is -0.367 e. The molecule has 3 nitrogen and oxygen atoms in total. The SMILES string of the molecule is CC.c1cnc2c(N3CCNCC3)cccc2c1. The number of piperazine rings is 1. The van der Waals surface area contributed by atoms with Crippen LogP contribution in [0, 0.1) is 0 Å². The third-order valence-corrected chi connectivity index (χ3v) is 3.07. The Kier molecular flexibility index (Phi) is 4.53. The van der Waals surface area contributed by atoms with Gasteiger partial charge in [0, 0.05) is 37.8 Å². The van der Waals surface area contributed by atoms with E-state index in [1.807, 2.05) is 26.1 Å². The molecule has 0 bridgehead atoms. The van der Waals surface area contributed by atoms with E-state index < -0.39 is 0 Å². The van der Waals surface area contributed by atoms with Gasteiger partial charge in [-0.2, -0.15) is 0 Å². The summed E-state index contributed by atoms with van der Waals surface area (Å²) in [5.74, 6) is 0. The van der Waals surface area contributed by atoms with Crippen LogP contribution in [0.5, 0.6) is 0 Å². The Morgan fingerprint density at radius 2 is 1.78 bits per heavy atom. The number of rotatable bonds is 1. The Hall–Kier alpha value is -1.61. The van der Waals surface area contributed by atoms with Gasteiger partial charge in [0.2, 0.25) is 0 Å². The van der Waals surface area contributed by atoms with E-state index in [9.17, 15) is 0 Å². The van der Waals surface area contributed by atoms with Gasteiger partial charge in [-0.1, -0.05) is 32.0 Å². The van der Waals surface area contributed by atoms with Gasteiger partial charge in [0.15, 0.2) is 0 Å². The highest BCUT2D eigenvalue weighted by molar-refractivity contribution is 5.90.